The Labute approximate surface area is 115 Å². The van der Waals surface area contributed by atoms with Crippen LogP contribution in [0.4, 0.5) is 0 Å². The Hall–Kier alpha value is -1.38. The molecule has 3 heteroatoms. The highest BCUT2D eigenvalue weighted by molar-refractivity contribution is 5.89. The van der Waals surface area contributed by atoms with Gasteiger partial charge in [-0.3, -0.25) is 4.98 Å². The SMILES string of the molecule is CCCc1nc2c(cc1C(=O)O)CC(C(C)C)CC2. The number of carboxylic acids is 1. The summed E-state index contributed by atoms with van der Waals surface area (Å²) in [4.78, 5) is 16.0. The highest BCUT2D eigenvalue weighted by Crippen LogP contribution is 2.30. The van der Waals surface area contributed by atoms with Gasteiger partial charge in [0.25, 0.3) is 0 Å². The van der Waals surface area contributed by atoms with Gasteiger partial charge < -0.3 is 5.11 Å². The van der Waals surface area contributed by atoms with Crippen LogP contribution >= 0.6 is 0 Å². The van der Waals surface area contributed by atoms with Crippen LogP contribution in [0.5, 0.6) is 0 Å². The molecule has 2 rings (SSSR count). The molecule has 1 N–H and O–H groups in total. The minimum Gasteiger partial charge on any atom is -0.478 e. The molecule has 0 bridgehead atoms. The summed E-state index contributed by atoms with van der Waals surface area (Å²) in [5.74, 6) is 0.468. The molecule has 1 aromatic rings. The molecule has 104 valence electrons. The van der Waals surface area contributed by atoms with Gasteiger partial charge in [0.15, 0.2) is 0 Å². The molecule has 1 unspecified atom stereocenters. The fourth-order valence-electron chi connectivity index (χ4n) is 2.92. The standard InChI is InChI=1S/C16H23NO2/c1-4-5-15-13(16(18)19)9-12-8-11(10(2)3)6-7-14(12)17-15/h9-11H,4-8H2,1-3H3,(H,18,19). The summed E-state index contributed by atoms with van der Waals surface area (Å²) in [7, 11) is 0. The number of carboxylic acid groups (broad SMARTS) is 1. The summed E-state index contributed by atoms with van der Waals surface area (Å²) < 4.78 is 0. The van der Waals surface area contributed by atoms with Crippen LogP contribution in [0, 0.1) is 11.8 Å². The van der Waals surface area contributed by atoms with E-state index in [1.165, 1.54) is 6.42 Å². The maximum atomic E-state index is 11.4. The zero-order chi connectivity index (χ0) is 14.0. The van der Waals surface area contributed by atoms with Crippen LogP contribution in [-0.4, -0.2) is 16.1 Å². The minimum absolute atomic E-state index is 0.407. The Morgan fingerprint density at radius 2 is 2.26 bits per heavy atom. The number of rotatable bonds is 4. The van der Waals surface area contributed by atoms with Crippen LogP contribution in [0.25, 0.3) is 0 Å². The van der Waals surface area contributed by atoms with E-state index in [0.717, 1.165) is 42.6 Å². The van der Waals surface area contributed by atoms with Crippen molar-refractivity contribution in [2.24, 2.45) is 11.8 Å². The van der Waals surface area contributed by atoms with Crippen LogP contribution in [0.1, 0.15) is 60.9 Å². The Kier molecular flexibility index (Phi) is 4.23. The lowest BCUT2D eigenvalue weighted by Crippen LogP contribution is -2.21. The number of carbonyl (C=O) groups is 1. The first-order chi connectivity index (χ1) is 9.02. The van der Waals surface area contributed by atoms with Gasteiger partial charge in [0, 0.05) is 5.69 Å². The Balaban J connectivity index is 2.37. The van der Waals surface area contributed by atoms with E-state index < -0.39 is 5.97 Å². The molecule has 1 heterocycles. The molecule has 0 saturated carbocycles. The van der Waals surface area contributed by atoms with Gasteiger partial charge in [0.1, 0.15) is 0 Å². The number of hydrogen-bond donors (Lipinski definition) is 1. The van der Waals surface area contributed by atoms with Crippen molar-refractivity contribution >= 4 is 5.97 Å². The number of pyridine rings is 1. The molecule has 0 aliphatic heterocycles. The van der Waals surface area contributed by atoms with Crippen molar-refractivity contribution in [3.05, 3.63) is 28.6 Å². The van der Waals surface area contributed by atoms with E-state index in [1.807, 2.05) is 6.07 Å². The van der Waals surface area contributed by atoms with Crippen molar-refractivity contribution < 1.29 is 9.90 Å². The van der Waals surface area contributed by atoms with Crippen LogP contribution in [-0.2, 0) is 19.3 Å². The predicted octanol–water partition coefficient (Wildman–Crippen LogP) is 3.49. The van der Waals surface area contributed by atoms with Crippen LogP contribution < -0.4 is 0 Å². The first-order valence-electron chi connectivity index (χ1n) is 7.27. The average Bonchev–Trinajstić information content (AvgIpc) is 2.37. The molecule has 0 fully saturated rings. The van der Waals surface area contributed by atoms with Crippen molar-refractivity contribution in [2.75, 3.05) is 0 Å². The third-order valence-corrected chi connectivity index (χ3v) is 4.16. The van der Waals surface area contributed by atoms with Crippen molar-refractivity contribution in [2.45, 2.75) is 52.9 Å². The average molecular weight is 261 g/mol. The van der Waals surface area contributed by atoms with Crippen LogP contribution in [0.2, 0.25) is 0 Å². The zero-order valence-corrected chi connectivity index (χ0v) is 12.1. The van der Waals surface area contributed by atoms with E-state index in [9.17, 15) is 9.90 Å². The van der Waals surface area contributed by atoms with Gasteiger partial charge in [-0.15, -0.1) is 0 Å². The molecule has 1 aliphatic rings. The molecule has 0 spiro atoms. The Morgan fingerprint density at radius 1 is 1.53 bits per heavy atom. The molecular formula is C16H23NO2. The molecule has 0 amide bonds. The van der Waals surface area contributed by atoms with Crippen molar-refractivity contribution in [3.63, 3.8) is 0 Å². The Bertz CT molecular complexity index is 480. The fraction of sp³-hybridized carbons (Fsp3) is 0.625. The summed E-state index contributed by atoms with van der Waals surface area (Å²) in [6, 6.07) is 1.88. The van der Waals surface area contributed by atoms with Gasteiger partial charge in [0.05, 0.1) is 11.3 Å². The molecule has 19 heavy (non-hydrogen) atoms. The van der Waals surface area contributed by atoms with Gasteiger partial charge in [-0.2, -0.15) is 0 Å². The smallest absolute Gasteiger partial charge is 0.337 e. The molecule has 0 aromatic carbocycles. The quantitative estimate of drug-likeness (QED) is 0.902. The lowest BCUT2D eigenvalue weighted by molar-refractivity contribution is 0.0695. The van der Waals surface area contributed by atoms with Gasteiger partial charge >= 0.3 is 5.97 Å². The first-order valence-corrected chi connectivity index (χ1v) is 7.27. The highest BCUT2D eigenvalue weighted by Gasteiger charge is 2.24. The predicted molar refractivity (Wildman–Crippen MR) is 75.5 cm³/mol. The summed E-state index contributed by atoms with van der Waals surface area (Å²) >= 11 is 0. The number of fused-ring (bicyclic) bond motifs is 1. The number of nitrogens with zero attached hydrogens (tertiary/aromatic N) is 1. The van der Waals surface area contributed by atoms with E-state index in [4.69, 9.17) is 0 Å². The van der Waals surface area contributed by atoms with Crippen LogP contribution in [0.15, 0.2) is 6.07 Å². The fourth-order valence-corrected chi connectivity index (χ4v) is 2.92. The number of aromatic carboxylic acids is 1. The minimum atomic E-state index is -0.842. The summed E-state index contributed by atoms with van der Waals surface area (Å²) in [6.45, 7) is 6.54. The van der Waals surface area contributed by atoms with E-state index in [-0.39, 0.29) is 0 Å². The van der Waals surface area contributed by atoms with Gasteiger partial charge in [-0.05, 0) is 49.1 Å². The number of hydrogen-bond acceptors (Lipinski definition) is 2. The monoisotopic (exact) mass is 261 g/mol. The zero-order valence-electron chi connectivity index (χ0n) is 12.1. The maximum Gasteiger partial charge on any atom is 0.337 e. The number of aromatic nitrogens is 1. The second kappa shape index (κ2) is 5.72. The lowest BCUT2D eigenvalue weighted by atomic mass is 9.79. The highest BCUT2D eigenvalue weighted by atomic mass is 16.4. The summed E-state index contributed by atoms with van der Waals surface area (Å²) in [5.41, 5.74) is 3.45. The third kappa shape index (κ3) is 2.96. The first kappa shape index (κ1) is 14.0. The lowest BCUT2D eigenvalue weighted by Gasteiger charge is -2.27. The second-order valence-corrected chi connectivity index (χ2v) is 5.89. The molecule has 0 radical (unpaired) electrons. The summed E-state index contributed by atoms with van der Waals surface area (Å²) in [6.07, 6.45) is 4.83. The summed E-state index contributed by atoms with van der Waals surface area (Å²) in [5, 5.41) is 9.33. The Morgan fingerprint density at radius 3 is 2.84 bits per heavy atom. The largest absolute Gasteiger partial charge is 0.478 e. The van der Waals surface area contributed by atoms with Gasteiger partial charge in [-0.25, -0.2) is 4.79 Å². The van der Waals surface area contributed by atoms with Gasteiger partial charge in [-0.1, -0.05) is 27.2 Å². The molecule has 1 atom stereocenters. The molecule has 3 nitrogen and oxygen atoms in total. The molecule has 1 aliphatic carbocycles. The van der Waals surface area contributed by atoms with E-state index >= 15 is 0 Å². The van der Waals surface area contributed by atoms with Crippen LogP contribution in [0.3, 0.4) is 0 Å². The second-order valence-electron chi connectivity index (χ2n) is 5.89. The van der Waals surface area contributed by atoms with Crippen molar-refractivity contribution in [1.82, 2.24) is 4.98 Å². The van der Waals surface area contributed by atoms with Crippen molar-refractivity contribution in [1.29, 1.82) is 0 Å². The molecule has 1 aromatic heterocycles. The maximum absolute atomic E-state index is 11.4. The number of aryl methyl sites for hydroxylation is 2. The van der Waals surface area contributed by atoms with Crippen molar-refractivity contribution in [3.8, 4) is 0 Å². The molecule has 0 saturated heterocycles. The van der Waals surface area contributed by atoms with E-state index in [1.54, 1.807) is 0 Å². The topological polar surface area (TPSA) is 50.2 Å². The van der Waals surface area contributed by atoms with E-state index in [0.29, 0.717) is 17.4 Å². The normalized spacial score (nSPS) is 18.4. The molecular weight excluding hydrogens is 238 g/mol. The third-order valence-electron chi connectivity index (χ3n) is 4.16. The van der Waals surface area contributed by atoms with E-state index in [2.05, 4.69) is 25.8 Å². The van der Waals surface area contributed by atoms with Gasteiger partial charge in [0.2, 0.25) is 0 Å².